The Labute approximate surface area is 164 Å². The minimum Gasteiger partial charge on any atom is -0.419 e. The fraction of sp³-hybridized carbons (Fsp3) is 0.611. The number of halogens is 2. The van der Waals surface area contributed by atoms with E-state index in [2.05, 4.69) is 38.9 Å². The van der Waals surface area contributed by atoms with Gasteiger partial charge < -0.3 is 26.5 Å². The van der Waals surface area contributed by atoms with Crippen molar-refractivity contribution in [3.05, 3.63) is 34.2 Å². The van der Waals surface area contributed by atoms with E-state index in [1.165, 1.54) is 25.9 Å². The third-order valence-corrected chi connectivity index (χ3v) is 3.53. The zero-order chi connectivity index (χ0) is 21.7. The van der Waals surface area contributed by atoms with Crippen LogP contribution in [0.1, 0.15) is 46.2 Å². The summed E-state index contributed by atoms with van der Waals surface area (Å²) in [6.45, 7) is 9.61. The quantitative estimate of drug-likeness (QED) is 0.348. The summed E-state index contributed by atoms with van der Waals surface area (Å²) in [4.78, 5) is 20.9. The lowest BCUT2D eigenvalue weighted by Crippen LogP contribution is -2.35. The van der Waals surface area contributed by atoms with Gasteiger partial charge in [-0.15, -0.1) is 0 Å². The molecule has 1 aromatic heterocycles. The Balaban J connectivity index is 0.000000604. The van der Waals surface area contributed by atoms with Crippen LogP contribution in [0, 0.1) is 12.3 Å². The maximum atomic E-state index is 11.8. The molecule has 1 aliphatic rings. The first kappa shape index (κ1) is 25.5. The molecule has 8 nitrogen and oxygen atoms in total. The summed E-state index contributed by atoms with van der Waals surface area (Å²) in [6.07, 6.45) is 4.72. The first-order chi connectivity index (χ1) is 13.1. The monoisotopic (exact) mass is 402 g/mol. The second-order valence-electron chi connectivity index (χ2n) is 6.59. The van der Waals surface area contributed by atoms with E-state index in [4.69, 9.17) is 11.5 Å². The molecule has 28 heavy (non-hydrogen) atoms. The Hall–Kier alpha value is -2.49. The molecule has 1 saturated heterocycles. The van der Waals surface area contributed by atoms with Gasteiger partial charge in [-0.1, -0.05) is 27.7 Å². The maximum Gasteiger partial charge on any atom is 0.388 e. The molecule has 0 atom stereocenters. The highest BCUT2D eigenvalue weighted by Crippen LogP contribution is 2.23. The SMILES string of the molecule is CC.CC1(C)CCCNC1.Cc1ncc(=O)[nH]c1/N=C(N)\C=C(/N)OC(F)F. The summed E-state index contributed by atoms with van der Waals surface area (Å²) < 4.78 is 27.5. The number of aliphatic imine (C=N–C) groups is 1. The molecule has 0 saturated carbocycles. The summed E-state index contributed by atoms with van der Waals surface area (Å²) in [6, 6.07) is 0. The molecule has 6 N–H and O–H groups in total. The molecule has 0 amide bonds. The third kappa shape index (κ3) is 11.3. The van der Waals surface area contributed by atoms with Crippen molar-refractivity contribution >= 4 is 11.7 Å². The van der Waals surface area contributed by atoms with Gasteiger partial charge >= 0.3 is 6.61 Å². The van der Waals surface area contributed by atoms with Gasteiger partial charge in [-0.3, -0.25) is 9.78 Å². The fourth-order valence-electron chi connectivity index (χ4n) is 2.22. The normalized spacial score (nSPS) is 16.4. The number of nitrogens with one attached hydrogen (secondary N) is 2. The molecule has 0 spiro atoms. The predicted octanol–water partition coefficient (Wildman–Crippen LogP) is 2.53. The molecule has 2 heterocycles. The van der Waals surface area contributed by atoms with Crippen molar-refractivity contribution in [3.8, 4) is 0 Å². The number of H-pyrrole nitrogens is 1. The van der Waals surface area contributed by atoms with E-state index in [1.807, 2.05) is 13.8 Å². The molecule has 0 radical (unpaired) electrons. The van der Waals surface area contributed by atoms with Crippen molar-refractivity contribution < 1.29 is 13.5 Å². The smallest absolute Gasteiger partial charge is 0.388 e. The van der Waals surface area contributed by atoms with E-state index >= 15 is 0 Å². The summed E-state index contributed by atoms with van der Waals surface area (Å²) in [7, 11) is 0. The standard InChI is InChI=1S/C9H11F2N5O2.C7H15N.C2H6/c1-4-8(16-7(17)3-14-4)15-5(12)2-6(13)18-9(10)11;1-7(2)4-3-5-8-6-7;1-2/h2-3,9H,13H2,1H3,(H3,12,15,16,17);8H,3-6H2,1-2H3;1-2H3/b6-2+;;. The molecular weight excluding hydrogens is 370 g/mol. The Morgan fingerprint density at radius 3 is 2.50 bits per heavy atom. The van der Waals surface area contributed by atoms with Crippen molar-refractivity contribution in [3.63, 3.8) is 0 Å². The predicted molar refractivity (Wildman–Crippen MR) is 107 cm³/mol. The molecule has 1 fully saturated rings. The number of hydrogen-bond acceptors (Lipinski definition) is 6. The number of amidine groups is 1. The number of aromatic nitrogens is 2. The van der Waals surface area contributed by atoms with E-state index in [0.29, 0.717) is 11.1 Å². The van der Waals surface area contributed by atoms with E-state index in [1.54, 1.807) is 6.92 Å². The van der Waals surface area contributed by atoms with Gasteiger partial charge in [0.2, 0.25) is 0 Å². The first-order valence-corrected chi connectivity index (χ1v) is 9.12. The number of hydrogen-bond donors (Lipinski definition) is 4. The van der Waals surface area contributed by atoms with Gasteiger partial charge in [0.25, 0.3) is 5.56 Å². The topological polar surface area (TPSA) is 131 Å². The van der Waals surface area contributed by atoms with Gasteiger partial charge in [0.1, 0.15) is 5.84 Å². The van der Waals surface area contributed by atoms with Gasteiger partial charge in [-0.25, -0.2) is 4.99 Å². The highest BCUT2D eigenvalue weighted by Gasteiger charge is 2.19. The Morgan fingerprint density at radius 1 is 1.39 bits per heavy atom. The zero-order valence-corrected chi connectivity index (χ0v) is 17.2. The zero-order valence-electron chi connectivity index (χ0n) is 17.2. The second-order valence-corrected chi connectivity index (χ2v) is 6.59. The molecule has 0 bridgehead atoms. The lowest BCUT2D eigenvalue weighted by Gasteiger charge is -2.29. The molecule has 160 valence electrons. The van der Waals surface area contributed by atoms with E-state index in [0.717, 1.165) is 12.3 Å². The van der Waals surface area contributed by atoms with Gasteiger partial charge in [0.15, 0.2) is 11.7 Å². The Kier molecular flexibility index (Phi) is 11.7. The van der Waals surface area contributed by atoms with Crippen molar-refractivity contribution in [2.45, 2.75) is 54.1 Å². The van der Waals surface area contributed by atoms with E-state index in [-0.39, 0.29) is 11.7 Å². The van der Waals surface area contributed by atoms with Crippen LogP contribution >= 0.6 is 0 Å². The molecule has 0 aromatic carbocycles. The molecule has 0 aliphatic carbocycles. The summed E-state index contributed by atoms with van der Waals surface area (Å²) in [5.74, 6) is -0.684. The van der Waals surface area contributed by atoms with Crippen LogP contribution in [-0.4, -0.2) is 35.5 Å². The maximum absolute atomic E-state index is 11.8. The van der Waals surface area contributed by atoms with Crippen LogP contribution in [0.5, 0.6) is 0 Å². The van der Waals surface area contributed by atoms with E-state index < -0.39 is 18.1 Å². The van der Waals surface area contributed by atoms with Gasteiger partial charge in [0.05, 0.1) is 11.9 Å². The van der Waals surface area contributed by atoms with E-state index in [9.17, 15) is 13.6 Å². The molecule has 2 rings (SSSR count). The molecular formula is C18H32F2N6O2. The Morgan fingerprint density at radius 2 is 2.04 bits per heavy atom. The number of aromatic amines is 1. The lowest BCUT2D eigenvalue weighted by atomic mass is 9.85. The van der Waals surface area contributed by atoms with Crippen molar-refractivity contribution in [1.82, 2.24) is 15.3 Å². The Bertz CT molecular complexity index is 694. The van der Waals surface area contributed by atoms with Gasteiger partial charge in [-0.2, -0.15) is 8.78 Å². The van der Waals surface area contributed by atoms with Crippen LogP contribution in [0.15, 0.2) is 27.9 Å². The van der Waals surface area contributed by atoms with Crippen LogP contribution in [0.4, 0.5) is 14.6 Å². The van der Waals surface area contributed by atoms with Gasteiger partial charge in [0, 0.05) is 12.6 Å². The minimum atomic E-state index is -3.05. The molecule has 1 aromatic rings. The van der Waals surface area contributed by atoms with Crippen molar-refractivity contribution in [2.24, 2.45) is 21.9 Å². The second kappa shape index (κ2) is 12.8. The minimum absolute atomic E-state index is 0.112. The average Bonchev–Trinajstić information content (AvgIpc) is 2.59. The van der Waals surface area contributed by atoms with Crippen LogP contribution < -0.4 is 22.3 Å². The van der Waals surface area contributed by atoms with Crippen LogP contribution in [0.2, 0.25) is 0 Å². The number of ether oxygens (including phenoxy) is 1. The molecule has 1 aliphatic heterocycles. The van der Waals surface area contributed by atoms with Crippen LogP contribution in [0.25, 0.3) is 0 Å². The molecule has 0 unspecified atom stereocenters. The average molecular weight is 402 g/mol. The summed E-state index contributed by atoms with van der Waals surface area (Å²) >= 11 is 0. The van der Waals surface area contributed by atoms with Crippen molar-refractivity contribution in [2.75, 3.05) is 13.1 Å². The van der Waals surface area contributed by atoms with Gasteiger partial charge in [-0.05, 0) is 31.7 Å². The summed E-state index contributed by atoms with van der Waals surface area (Å²) in [5.41, 5.74) is 11.0. The number of nitrogens with two attached hydrogens (primary N) is 2. The largest absolute Gasteiger partial charge is 0.419 e. The number of alkyl halides is 2. The fourth-order valence-corrected chi connectivity index (χ4v) is 2.22. The van der Waals surface area contributed by atoms with Crippen LogP contribution in [-0.2, 0) is 4.74 Å². The third-order valence-electron chi connectivity index (χ3n) is 3.53. The number of nitrogens with zero attached hydrogens (tertiary/aromatic N) is 2. The van der Waals surface area contributed by atoms with Crippen LogP contribution in [0.3, 0.4) is 0 Å². The molecule has 10 heteroatoms. The lowest BCUT2D eigenvalue weighted by molar-refractivity contribution is -0.0966. The number of piperidine rings is 1. The summed E-state index contributed by atoms with van der Waals surface area (Å²) in [5, 5.41) is 3.38. The van der Waals surface area contributed by atoms with Crippen molar-refractivity contribution in [1.29, 1.82) is 0 Å². The first-order valence-electron chi connectivity index (χ1n) is 9.12. The highest BCUT2D eigenvalue weighted by molar-refractivity contribution is 5.93. The number of aryl methyl sites for hydroxylation is 1. The number of rotatable bonds is 4. The highest BCUT2D eigenvalue weighted by atomic mass is 19.3.